The molecule has 4 atom stereocenters. The molecule has 0 aromatic heterocycles. The molecule has 0 unspecified atom stereocenters. The molecule has 2 fully saturated rings. The fourth-order valence-corrected chi connectivity index (χ4v) is 3.05. The van der Waals surface area contributed by atoms with Crippen LogP contribution in [0.5, 0.6) is 5.75 Å². The van der Waals surface area contributed by atoms with Crippen LogP contribution in [0.2, 0.25) is 0 Å². The summed E-state index contributed by atoms with van der Waals surface area (Å²) >= 11 is 0. The number of aliphatic hydroxyl groups is 1. The molecule has 0 amide bonds. The summed E-state index contributed by atoms with van der Waals surface area (Å²) in [5, 5.41) is 10.4. The molecule has 4 heteroatoms. The zero-order valence-electron chi connectivity index (χ0n) is 9.55. The van der Waals surface area contributed by atoms with Crippen LogP contribution in [0, 0.1) is 6.92 Å². The highest BCUT2D eigenvalue weighted by Gasteiger charge is 2.58. The van der Waals surface area contributed by atoms with Gasteiger partial charge >= 0.3 is 0 Å². The molecule has 0 spiro atoms. The zero-order chi connectivity index (χ0) is 11.6. The van der Waals surface area contributed by atoms with Crippen molar-refractivity contribution in [1.29, 1.82) is 0 Å². The van der Waals surface area contributed by atoms with Crippen molar-refractivity contribution < 1.29 is 19.3 Å². The lowest BCUT2D eigenvalue weighted by atomic mass is 9.82. The predicted molar refractivity (Wildman–Crippen MR) is 58.7 cm³/mol. The highest BCUT2D eigenvalue weighted by Crippen LogP contribution is 2.50. The maximum atomic E-state index is 10.4. The second-order valence-electron chi connectivity index (χ2n) is 5.14. The summed E-state index contributed by atoms with van der Waals surface area (Å²) < 4.78 is 16.8. The Balaban J connectivity index is 1.89. The van der Waals surface area contributed by atoms with E-state index in [-0.39, 0.29) is 12.0 Å². The third kappa shape index (κ3) is 1.23. The van der Waals surface area contributed by atoms with Gasteiger partial charge < -0.3 is 19.3 Å². The molecule has 4 bridgehead atoms. The number of benzene rings is 1. The van der Waals surface area contributed by atoms with Gasteiger partial charge in [-0.25, -0.2) is 0 Å². The number of hydrogen-bond donors (Lipinski definition) is 1. The Morgan fingerprint density at radius 1 is 1.41 bits per heavy atom. The van der Waals surface area contributed by atoms with E-state index in [0.29, 0.717) is 13.0 Å². The third-order valence-electron chi connectivity index (χ3n) is 3.89. The highest BCUT2D eigenvalue weighted by molar-refractivity contribution is 5.43. The summed E-state index contributed by atoms with van der Waals surface area (Å²) in [6, 6.07) is 6.03. The topological polar surface area (TPSA) is 47.9 Å². The van der Waals surface area contributed by atoms with E-state index in [9.17, 15) is 5.11 Å². The second kappa shape index (κ2) is 3.02. The van der Waals surface area contributed by atoms with Gasteiger partial charge in [0.2, 0.25) is 6.29 Å². The Bertz CT molecular complexity index is 486. The van der Waals surface area contributed by atoms with Crippen molar-refractivity contribution in [1.82, 2.24) is 0 Å². The maximum Gasteiger partial charge on any atom is 0.260 e. The Kier molecular flexibility index (Phi) is 1.75. The molecule has 4 nitrogen and oxygen atoms in total. The lowest BCUT2D eigenvalue weighted by Crippen LogP contribution is -2.55. The molecule has 1 aromatic rings. The van der Waals surface area contributed by atoms with Crippen molar-refractivity contribution in [2.24, 2.45) is 0 Å². The van der Waals surface area contributed by atoms with Crippen LogP contribution in [0.25, 0.3) is 0 Å². The Labute approximate surface area is 99.1 Å². The van der Waals surface area contributed by atoms with Crippen LogP contribution in [-0.4, -0.2) is 29.9 Å². The smallest absolute Gasteiger partial charge is 0.260 e. The molecule has 1 aromatic carbocycles. The van der Waals surface area contributed by atoms with Crippen molar-refractivity contribution in [2.45, 2.75) is 37.4 Å². The van der Waals surface area contributed by atoms with E-state index in [0.717, 1.165) is 11.3 Å². The molecule has 3 aliphatic heterocycles. The minimum absolute atomic E-state index is 0.0460. The molecule has 0 aliphatic carbocycles. The lowest BCUT2D eigenvalue weighted by molar-refractivity contribution is -0.304. The number of fused-ring (bicyclic) bond motifs is 8. The van der Waals surface area contributed by atoms with Gasteiger partial charge in [0.15, 0.2) is 0 Å². The number of hydrogen-bond acceptors (Lipinski definition) is 4. The number of aryl methyl sites for hydroxylation is 1. The van der Waals surface area contributed by atoms with Gasteiger partial charge in [0.1, 0.15) is 5.75 Å². The van der Waals surface area contributed by atoms with Gasteiger partial charge in [-0.2, -0.15) is 0 Å². The van der Waals surface area contributed by atoms with Crippen molar-refractivity contribution in [3.63, 3.8) is 0 Å². The van der Waals surface area contributed by atoms with Crippen molar-refractivity contribution in [2.75, 3.05) is 6.61 Å². The van der Waals surface area contributed by atoms with Crippen LogP contribution >= 0.6 is 0 Å². The summed E-state index contributed by atoms with van der Waals surface area (Å²) in [5.74, 6) is -0.388. The second-order valence-corrected chi connectivity index (χ2v) is 5.14. The van der Waals surface area contributed by atoms with Gasteiger partial charge in [0.25, 0.3) is 5.79 Å². The minimum atomic E-state index is -1.32. The van der Waals surface area contributed by atoms with Gasteiger partial charge in [0.05, 0.1) is 12.7 Å². The van der Waals surface area contributed by atoms with Crippen LogP contribution in [0.1, 0.15) is 23.5 Å². The van der Waals surface area contributed by atoms with Gasteiger partial charge in [-0.15, -0.1) is 0 Å². The molecule has 1 N–H and O–H groups in total. The van der Waals surface area contributed by atoms with Crippen LogP contribution < -0.4 is 4.74 Å². The van der Waals surface area contributed by atoms with E-state index in [1.54, 1.807) is 0 Å². The molecule has 0 radical (unpaired) electrons. The first-order chi connectivity index (χ1) is 8.16. The summed E-state index contributed by atoms with van der Waals surface area (Å²) in [4.78, 5) is 0. The van der Waals surface area contributed by atoms with E-state index in [4.69, 9.17) is 14.2 Å². The van der Waals surface area contributed by atoms with E-state index in [1.807, 2.05) is 12.1 Å². The lowest BCUT2D eigenvalue weighted by Gasteiger charge is -2.44. The van der Waals surface area contributed by atoms with Gasteiger partial charge in [-0.05, 0) is 13.0 Å². The summed E-state index contributed by atoms with van der Waals surface area (Å²) in [6.45, 7) is 2.59. The first kappa shape index (κ1) is 9.88. The quantitative estimate of drug-likeness (QED) is 0.735. The minimum Gasteiger partial charge on any atom is -0.457 e. The zero-order valence-corrected chi connectivity index (χ0v) is 9.55. The van der Waals surface area contributed by atoms with E-state index < -0.39 is 12.1 Å². The fraction of sp³-hybridized carbons (Fsp3) is 0.538. The normalized spacial score (nSPS) is 41.9. The molecule has 3 aliphatic rings. The molecule has 3 heterocycles. The molecule has 17 heavy (non-hydrogen) atoms. The molecule has 4 rings (SSSR count). The van der Waals surface area contributed by atoms with Crippen LogP contribution in [0.4, 0.5) is 0 Å². The highest BCUT2D eigenvalue weighted by atomic mass is 16.8. The van der Waals surface area contributed by atoms with Crippen LogP contribution in [-0.2, 0) is 9.47 Å². The van der Waals surface area contributed by atoms with Gasteiger partial charge in [0, 0.05) is 17.9 Å². The van der Waals surface area contributed by atoms with E-state index in [2.05, 4.69) is 13.0 Å². The fourth-order valence-electron chi connectivity index (χ4n) is 3.05. The average molecular weight is 234 g/mol. The molecule has 2 saturated heterocycles. The van der Waals surface area contributed by atoms with Crippen LogP contribution in [0.3, 0.4) is 0 Å². The van der Waals surface area contributed by atoms with Crippen molar-refractivity contribution in [3.05, 3.63) is 29.3 Å². The number of rotatable bonds is 0. The van der Waals surface area contributed by atoms with E-state index in [1.165, 1.54) is 5.56 Å². The molecular formula is C13H14O4. The van der Waals surface area contributed by atoms with Crippen molar-refractivity contribution in [3.8, 4) is 5.75 Å². The molecule has 90 valence electrons. The molecular weight excluding hydrogens is 220 g/mol. The SMILES string of the molecule is Cc1ccc2c(c1)[C@H]1C[C@@](O)(O2)[C@@H]2OC[C@H]1O2. The Morgan fingerprint density at radius 2 is 2.29 bits per heavy atom. The summed E-state index contributed by atoms with van der Waals surface area (Å²) in [7, 11) is 0. The first-order valence-electron chi connectivity index (χ1n) is 5.95. The summed E-state index contributed by atoms with van der Waals surface area (Å²) in [5.41, 5.74) is 2.32. The van der Waals surface area contributed by atoms with Gasteiger partial charge in [-0.1, -0.05) is 17.7 Å². The van der Waals surface area contributed by atoms with Crippen molar-refractivity contribution >= 4 is 0 Å². The Morgan fingerprint density at radius 3 is 3.18 bits per heavy atom. The standard InChI is InChI=1S/C13H14O4/c1-7-2-3-10-8(4-7)9-5-13(14,17-10)12-15-6-11(9)16-12/h2-4,9,11-12,14H,5-6H2,1H3/t9-,11-,12-,13-/m1/s1. The predicted octanol–water partition coefficient (Wildman–Crippen LogP) is 1.30. The Hall–Kier alpha value is -1.10. The maximum absolute atomic E-state index is 10.4. The first-order valence-corrected chi connectivity index (χ1v) is 5.95. The molecule has 0 saturated carbocycles. The third-order valence-corrected chi connectivity index (χ3v) is 3.89. The van der Waals surface area contributed by atoms with E-state index >= 15 is 0 Å². The average Bonchev–Trinajstić information content (AvgIpc) is 2.75. The monoisotopic (exact) mass is 234 g/mol. The van der Waals surface area contributed by atoms with Crippen LogP contribution in [0.15, 0.2) is 18.2 Å². The number of ether oxygens (including phenoxy) is 3. The largest absolute Gasteiger partial charge is 0.457 e. The van der Waals surface area contributed by atoms with Gasteiger partial charge in [-0.3, -0.25) is 0 Å². The summed E-state index contributed by atoms with van der Waals surface area (Å²) in [6.07, 6.45) is -0.0402.